The second-order valence-corrected chi connectivity index (χ2v) is 8.42. The van der Waals surface area contributed by atoms with Gasteiger partial charge in [-0.05, 0) is 37.5 Å². The van der Waals surface area contributed by atoms with Crippen LogP contribution in [0.15, 0.2) is 30.6 Å². The number of fused-ring (bicyclic) bond motifs is 1. The Morgan fingerprint density at radius 2 is 1.97 bits per heavy atom. The van der Waals surface area contributed by atoms with Gasteiger partial charge in [-0.3, -0.25) is 4.79 Å². The molecule has 0 unspecified atom stereocenters. The Morgan fingerprint density at radius 3 is 2.59 bits per heavy atom. The molecule has 10 heteroatoms. The van der Waals surface area contributed by atoms with Crippen molar-refractivity contribution >= 4 is 40.2 Å². The number of halogens is 1. The van der Waals surface area contributed by atoms with E-state index in [2.05, 4.69) is 20.7 Å². The van der Waals surface area contributed by atoms with Crippen molar-refractivity contribution in [1.29, 1.82) is 0 Å². The number of aryl methyl sites for hydroxylation is 1. The van der Waals surface area contributed by atoms with Gasteiger partial charge in [0, 0.05) is 19.3 Å². The lowest BCUT2D eigenvalue weighted by molar-refractivity contribution is -0.146. The third-order valence-corrected chi connectivity index (χ3v) is 5.69. The molecule has 0 aliphatic rings. The molecule has 0 spiro atoms. The number of amides is 1. The number of aromatic nitrogens is 3. The summed E-state index contributed by atoms with van der Waals surface area (Å²) < 4.78 is 12.1. The van der Waals surface area contributed by atoms with E-state index in [4.69, 9.17) is 21.1 Å². The zero-order valence-electron chi connectivity index (χ0n) is 20.0. The largest absolute Gasteiger partial charge is 0.495 e. The minimum atomic E-state index is -0.783. The predicted octanol–water partition coefficient (Wildman–Crippen LogP) is 4.04. The van der Waals surface area contributed by atoms with Crippen LogP contribution in [0.3, 0.4) is 0 Å². The van der Waals surface area contributed by atoms with Gasteiger partial charge in [0.25, 0.3) is 5.91 Å². The van der Waals surface area contributed by atoms with Gasteiger partial charge in [-0.1, -0.05) is 31.5 Å². The molecule has 9 nitrogen and oxygen atoms in total. The molecule has 0 radical (unpaired) electrons. The van der Waals surface area contributed by atoms with E-state index < -0.39 is 17.9 Å². The predicted molar refractivity (Wildman–Crippen MR) is 131 cm³/mol. The molecule has 0 aliphatic heterocycles. The summed E-state index contributed by atoms with van der Waals surface area (Å²) in [4.78, 5) is 30.1. The van der Waals surface area contributed by atoms with Gasteiger partial charge in [0.2, 0.25) is 0 Å². The van der Waals surface area contributed by atoms with Crippen molar-refractivity contribution < 1.29 is 19.1 Å². The van der Waals surface area contributed by atoms with Crippen LogP contribution < -0.4 is 15.4 Å². The summed E-state index contributed by atoms with van der Waals surface area (Å²) in [5, 5.41) is 11.7. The minimum absolute atomic E-state index is 0.152. The Bertz CT molecular complexity index is 1180. The molecule has 0 fully saturated rings. The third kappa shape index (κ3) is 5.41. The quantitative estimate of drug-likeness (QED) is 0.415. The van der Waals surface area contributed by atoms with Crippen LogP contribution >= 0.6 is 11.6 Å². The molecule has 3 aromatic rings. The highest BCUT2D eigenvalue weighted by molar-refractivity contribution is 6.32. The second-order valence-electron chi connectivity index (χ2n) is 8.01. The number of nitrogens with zero attached hydrogens (tertiary/aromatic N) is 3. The lowest BCUT2D eigenvalue weighted by Crippen LogP contribution is -2.45. The van der Waals surface area contributed by atoms with E-state index >= 15 is 0 Å². The van der Waals surface area contributed by atoms with Crippen LogP contribution in [0.1, 0.15) is 43.6 Å². The van der Waals surface area contributed by atoms with E-state index in [0.29, 0.717) is 46.1 Å². The van der Waals surface area contributed by atoms with Gasteiger partial charge in [-0.2, -0.15) is 5.10 Å². The highest BCUT2D eigenvalue weighted by Crippen LogP contribution is 2.29. The van der Waals surface area contributed by atoms with Crippen molar-refractivity contribution in [3.8, 4) is 5.75 Å². The summed E-state index contributed by atoms with van der Waals surface area (Å²) in [7, 11) is 1.56. The number of benzene rings is 1. The highest BCUT2D eigenvalue weighted by Gasteiger charge is 2.28. The number of carbonyl (C=O) groups excluding carboxylic acids is 2. The molecule has 182 valence electrons. The van der Waals surface area contributed by atoms with E-state index in [1.54, 1.807) is 37.0 Å². The van der Waals surface area contributed by atoms with Crippen LogP contribution in [-0.4, -0.2) is 46.4 Å². The van der Waals surface area contributed by atoms with Crippen LogP contribution in [0.25, 0.3) is 11.0 Å². The molecule has 2 heterocycles. The maximum Gasteiger partial charge on any atom is 0.328 e. The van der Waals surface area contributed by atoms with Crippen LogP contribution in [0, 0.1) is 5.92 Å². The molecule has 0 saturated carbocycles. The summed E-state index contributed by atoms with van der Waals surface area (Å²) in [6.45, 7) is 8.66. The first-order valence-corrected chi connectivity index (χ1v) is 11.6. The molecule has 2 aromatic heterocycles. The fourth-order valence-corrected chi connectivity index (χ4v) is 3.86. The first kappa shape index (κ1) is 25.3. The summed E-state index contributed by atoms with van der Waals surface area (Å²) >= 11 is 6.27. The summed E-state index contributed by atoms with van der Waals surface area (Å²) in [6.07, 6.45) is 3.18. The van der Waals surface area contributed by atoms with Gasteiger partial charge in [-0.15, -0.1) is 0 Å². The van der Waals surface area contributed by atoms with E-state index in [9.17, 15) is 9.59 Å². The number of nitrogens with one attached hydrogen (secondary N) is 2. The van der Waals surface area contributed by atoms with Crippen molar-refractivity contribution in [2.45, 2.75) is 46.8 Å². The highest BCUT2D eigenvalue weighted by atomic mass is 35.5. The Kier molecular flexibility index (Phi) is 8.33. The lowest BCUT2D eigenvalue weighted by Gasteiger charge is -2.21. The topological polar surface area (TPSA) is 107 Å². The van der Waals surface area contributed by atoms with Crippen LogP contribution in [0.4, 0.5) is 5.69 Å². The number of rotatable bonds is 10. The minimum Gasteiger partial charge on any atom is -0.495 e. The Balaban J connectivity index is 1.96. The van der Waals surface area contributed by atoms with Gasteiger partial charge in [0.1, 0.15) is 11.8 Å². The SMILES string of the molecule is CCOC(=O)[C@@H](NC(=O)c1cnc2c(cnn2CC)c1NCc1ccc(OC)c(Cl)c1)C(C)C. The Morgan fingerprint density at radius 1 is 1.21 bits per heavy atom. The number of ether oxygens (including phenoxy) is 2. The average Bonchev–Trinajstić information content (AvgIpc) is 3.24. The molecular weight excluding hydrogens is 458 g/mol. The van der Waals surface area contributed by atoms with Crippen LogP contribution in [0.2, 0.25) is 5.02 Å². The molecule has 0 bridgehead atoms. The first-order chi connectivity index (χ1) is 16.3. The van der Waals surface area contributed by atoms with Gasteiger partial charge in [0.05, 0.1) is 41.6 Å². The lowest BCUT2D eigenvalue weighted by atomic mass is 10.0. The van der Waals surface area contributed by atoms with E-state index in [1.807, 2.05) is 26.8 Å². The Labute approximate surface area is 203 Å². The maximum absolute atomic E-state index is 13.3. The average molecular weight is 488 g/mol. The van der Waals surface area contributed by atoms with Crippen LogP contribution in [0.5, 0.6) is 5.75 Å². The number of anilines is 1. The third-order valence-electron chi connectivity index (χ3n) is 5.39. The van der Waals surface area contributed by atoms with Crippen LogP contribution in [-0.2, 0) is 22.6 Å². The molecule has 2 N–H and O–H groups in total. The molecular formula is C24H30ClN5O4. The molecule has 0 aliphatic carbocycles. The first-order valence-electron chi connectivity index (χ1n) is 11.2. The summed E-state index contributed by atoms with van der Waals surface area (Å²) in [5.74, 6) is -0.471. The maximum atomic E-state index is 13.3. The molecule has 1 aromatic carbocycles. The number of carbonyl (C=O) groups is 2. The molecule has 1 amide bonds. The number of esters is 1. The number of pyridine rings is 1. The van der Waals surface area contributed by atoms with Crippen molar-refractivity contribution in [2.75, 3.05) is 19.0 Å². The fraction of sp³-hybridized carbons (Fsp3) is 0.417. The smallest absolute Gasteiger partial charge is 0.328 e. The van der Waals surface area contributed by atoms with Gasteiger partial charge < -0.3 is 20.1 Å². The van der Waals surface area contributed by atoms with E-state index in [0.717, 1.165) is 5.56 Å². The van der Waals surface area contributed by atoms with Crippen molar-refractivity contribution in [3.63, 3.8) is 0 Å². The fourth-order valence-electron chi connectivity index (χ4n) is 3.58. The van der Waals surface area contributed by atoms with E-state index in [-0.39, 0.29) is 12.5 Å². The monoisotopic (exact) mass is 487 g/mol. The molecule has 34 heavy (non-hydrogen) atoms. The standard InChI is InChI=1S/C24H30ClN5O4/c1-6-30-22-16(13-28-30)21(26-11-15-8-9-19(33-5)18(25)10-15)17(12-27-22)23(31)29-20(14(3)4)24(32)34-7-2/h8-10,12-14,20H,6-7,11H2,1-5H3,(H,26,27)(H,29,31)/t20-/m0/s1. The van der Waals surface area contributed by atoms with Crippen molar-refractivity contribution in [1.82, 2.24) is 20.1 Å². The second kappa shape index (κ2) is 11.2. The zero-order valence-corrected chi connectivity index (χ0v) is 20.8. The Hall–Kier alpha value is -3.33. The molecule has 1 atom stereocenters. The number of hydrogen-bond acceptors (Lipinski definition) is 7. The number of methoxy groups -OCH3 is 1. The van der Waals surface area contributed by atoms with Gasteiger partial charge in [-0.25, -0.2) is 14.5 Å². The molecule has 0 saturated heterocycles. The summed E-state index contributed by atoms with van der Waals surface area (Å²) in [6, 6.07) is 4.70. The molecule has 3 rings (SSSR count). The van der Waals surface area contributed by atoms with Gasteiger partial charge in [0.15, 0.2) is 5.65 Å². The zero-order chi connectivity index (χ0) is 24.8. The van der Waals surface area contributed by atoms with Gasteiger partial charge >= 0.3 is 5.97 Å². The van der Waals surface area contributed by atoms with Crippen molar-refractivity contribution in [2.24, 2.45) is 5.92 Å². The summed E-state index contributed by atoms with van der Waals surface area (Å²) in [5.41, 5.74) is 2.43. The van der Waals surface area contributed by atoms with E-state index in [1.165, 1.54) is 6.20 Å². The van der Waals surface area contributed by atoms with Crippen molar-refractivity contribution in [3.05, 3.63) is 46.7 Å². The normalized spacial score (nSPS) is 12.0. The number of hydrogen-bond donors (Lipinski definition) is 2.